The van der Waals surface area contributed by atoms with Crippen molar-refractivity contribution in [3.8, 4) is 0 Å². The highest BCUT2D eigenvalue weighted by Crippen LogP contribution is 2.16. The van der Waals surface area contributed by atoms with Gasteiger partial charge in [0.1, 0.15) is 0 Å². The first kappa shape index (κ1) is 17.8. The van der Waals surface area contributed by atoms with Crippen LogP contribution in [0.15, 0.2) is 46.9 Å². The van der Waals surface area contributed by atoms with Crippen LogP contribution in [0.4, 0.5) is 5.69 Å². The Hall–Kier alpha value is -1.59. The molecule has 2 rings (SSSR count). The molecule has 0 bridgehead atoms. The third-order valence-electron chi connectivity index (χ3n) is 3.42. The second kappa shape index (κ2) is 8.31. The summed E-state index contributed by atoms with van der Waals surface area (Å²) < 4.78 is 0.939. The van der Waals surface area contributed by atoms with Gasteiger partial charge in [-0.05, 0) is 49.2 Å². The molecule has 0 saturated heterocycles. The summed E-state index contributed by atoms with van der Waals surface area (Å²) in [6, 6.07) is 13.1. The normalized spacial score (nSPS) is 10.4. The van der Waals surface area contributed by atoms with Crippen molar-refractivity contribution in [1.82, 2.24) is 0 Å². The van der Waals surface area contributed by atoms with E-state index in [0.717, 1.165) is 15.7 Å². The number of aryl methyl sites for hydroxylation is 2. The number of nitrogens with one attached hydrogen (secondary N) is 1. The van der Waals surface area contributed by atoms with Crippen molar-refractivity contribution in [1.29, 1.82) is 0 Å². The maximum Gasteiger partial charge on any atom is 0.234 e. The van der Waals surface area contributed by atoms with Crippen molar-refractivity contribution in [3.63, 3.8) is 0 Å². The summed E-state index contributed by atoms with van der Waals surface area (Å²) >= 11 is 4.66. The SMILES string of the molecule is Cc1ccc(NC(=O)CSCC(=O)c2ccc(Br)cc2)cc1C. The van der Waals surface area contributed by atoms with Gasteiger partial charge in [-0.3, -0.25) is 9.59 Å². The summed E-state index contributed by atoms with van der Waals surface area (Å²) in [5.41, 5.74) is 3.78. The lowest BCUT2D eigenvalue weighted by Crippen LogP contribution is -2.15. The zero-order chi connectivity index (χ0) is 16.8. The largest absolute Gasteiger partial charge is 0.325 e. The fraction of sp³-hybridized carbons (Fsp3) is 0.222. The van der Waals surface area contributed by atoms with E-state index in [1.54, 1.807) is 12.1 Å². The summed E-state index contributed by atoms with van der Waals surface area (Å²) in [6.45, 7) is 4.04. The molecule has 2 aromatic rings. The number of rotatable bonds is 6. The zero-order valence-corrected chi connectivity index (χ0v) is 15.5. The number of carbonyl (C=O) groups excluding carboxylic acids is 2. The van der Waals surface area contributed by atoms with Crippen molar-refractivity contribution in [2.24, 2.45) is 0 Å². The van der Waals surface area contributed by atoms with Crippen LogP contribution in [0.3, 0.4) is 0 Å². The highest BCUT2D eigenvalue weighted by molar-refractivity contribution is 9.10. The maximum absolute atomic E-state index is 12.0. The fourth-order valence-electron chi connectivity index (χ4n) is 1.97. The van der Waals surface area contributed by atoms with Crippen molar-refractivity contribution >= 4 is 45.1 Å². The molecule has 0 aromatic heterocycles. The molecule has 0 aliphatic rings. The van der Waals surface area contributed by atoms with E-state index in [4.69, 9.17) is 0 Å². The molecule has 120 valence electrons. The predicted octanol–water partition coefficient (Wildman–Crippen LogP) is 4.62. The lowest BCUT2D eigenvalue weighted by molar-refractivity contribution is -0.113. The van der Waals surface area contributed by atoms with Gasteiger partial charge in [0.2, 0.25) is 5.91 Å². The summed E-state index contributed by atoms with van der Waals surface area (Å²) in [7, 11) is 0. The molecule has 0 heterocycles. The standard InChI is InChI=1S/C18H18BrNO2S/c1-12-3-8-16(9-13(12)2)20-18(22)11-23-10-17(21)14-4-6-15(19)7-5-14/h3-9H,10-11H2,1-2H3,(H,20,22). The molecule has 0 fully saturated rings. The van der Waals surface area contributed by atoms with Gasteiger partial charge in [-0.1, -0.05) is 34.1 Å². The Morgan fingerprint density at radius 3 is 2.35 bits per heavy atom. The number of amides is 1. The van der Waals surface area contributed by atoms with Crippen LogP contribution in [0.2, 0.25) is 0 Å². The van der Waals surface area contributed by atoms with Gasteiger partial charge in [-0.2, -0.15) is 0 Å². The molecule has 0 unspecified atom stereocenters. The minimum absolute atomic E-state index is 0.0291. The Kier molecular flexibility index (Phi) is 6.42. The fourth-order valence-corrected chi connectivity index (χ4v) is 2.95. The third kappa shape index (κ3) is 5.52. The number of hydrogen-bond acceptors (Lipinski definition) is 3. The molecule has 2 aromatic carbocycles. The highest BCUT2D eigenvalue weighted by Gasteiger charge is 2.08. The van der Waals surface area contributed by atoms with Crippen molar-refractivity contribution in [3.05, 3.63) is 63.6 Å². The number of benzene rings is 2. The van der Waals surface area contributed by atoms with Crippen LogP contribution >= 0.6 is 27.7 Å². The number of carbonyl (C=O) groups is 2. The van der Waals surface area contributed by atoms with Crippen LogP contribution in [0, 0.1) is 13.8 Å². The minimum Gasteiger partial charge on any atom is -0.325 e. The van der Waals surface area contributed by atoms with E-state index >= 15 is 0 Å². The molecule has 3 nitrogen and oxygen atoms in total. The van der Waals surface area contributed by atoms with Gasteiger partial charge in [0.25, 0.3) is 0 Å². The predicted molar refractivity (Wildman–Crippen MR) is 100 cm³/mol. The quantitative estimate of drug-likeness (QED) is 0.730. The lowest BCUT2D eigenvalue weighted by Gasteiger charge is -2.07. The van der Waals surface area contributed by atoms with E-state index in [9.17, 15) is 9.59 Å². The lowest BCUT2D eigenvalue weighted by atomic mass is 10.1. The van der Waals surface area contributed by atoms with Gasteiger partial charge in [0, 0.05) is 15.7 Å². The number of hydrogen-bond donors (Lipinski definition) is 1. The van der Waals surface area contributed by atoms with Crippen LogP contribution in [0.1, 0.15) is 21.5 Å². The molecule has 1 amide bonds. The summed E-state index contributed by atoms with van der Waals surface area (Å²) in [6.07, 6.45) is 0. The van der Waals surface area contributed by atoms with Crippen LogP contribution in [0.25, 0.3) is 0 Å². The van der Waals surface area contributed by atoms with Gasteiger partial charge < -0.3 is 5.32 Å². The second-order valence-electron chi connectivity index (χ2n) is 5.27. The average molecular weight is 392 g/mol. The van der Waals surface area contributed by atoms with Crippen LogP contribution in [0.5, 0.6) is 0 Å². The van der Waals surface area contributed by atoms with Crippen LogP contribution in [-0.2, 0) is 4.79 Å². The molecular weight excluding hydrogens is 374 g/mol. The Bertz CT molecular complexity index is 713. The molecule has 5 heteroatoms. The average Bonchev–Trinajstić information content (AvgIpc) is 2.51. The Morgan fingerprint density at radius 1 is 1.00 bits per heavy atom. The number of ketones is 1. The molecular formula is C18H18BrNO2S. The van der Waals surface area contributed by atoms with E-state index in [-0.39, 0.29) is 17.4 Å². The Balaban J connectivity index is 1.79. The Morgan fingerprint density at radius 2 is 1.70 bits per heavy atom. The number of Topliss-reactive ketones (excluding diaryl/α,β-unsaturated/α-hetero) is 1. The molecule has 0 aliphatic carbocycles. The smallest absolute Gasteiger partial charge is 0.234 e. The number of halogens is 1. The maximum atomic E-state index is 12.0. The minimum atomic E-state index is -0.0955. The topological polar surface area (TPSA) is 46.2 Å². The van der Waals surface area contributed by atoms with E-state index in [0.29, 0.717) is 11.3 Å². The summed E-state index contributed by atoms with van der Waals surface area (Å²) in [4.78, 5) is 23.9. The van der Waals surface area contributed by atoms with Crippen molar-refractivity contribution < 1.29 is 9.59 Å². The molecule has 0 saturated carbocycles. The Labute approximate surface area is 149 Å². The van der Waals surface area contributed by atoms with Crippen molar-refractivity contribution in [2.75, 3.05) is 16.8 Å². The second-order valence-corrected chi connectivity index (χ2v) is 7.17. The number of anilines is 1. The van der Waals surface area contributed by atoms with E-state index in [1.165, 1.54) is 17.3 Å². The summed E-state index contributed by atoms with van der Waals surface area (Å²) in [5, 5.41) is 2.85. The first-order chi connectivity index (χ1) is 11.0. The van der Waals surface area contributed by atoms with Gasteiger partial charge >= 0.3 is 0 Å². The van der Waals surface area contributed by atoms with Gasteiger partial charge in [0.15, 0.2) is 5.78 Å². The van der Waals surface area contributed by atoms with Crippen LogP contribution in [-0.4, -0.2) is 23.2 Å². The van der Waals surface area contributed by atoms with E-state index in [2.05, 4.69) is 21.2 Å². The van der Waals surface area contributed by atoms with Gasteiger partial charge in [0.05, 0.1) is 11.5 Å². The van der Waals surface area contributed by atoms with Crippen LogP contribution < -0.4 is 5.32 Å². The number of thioether (sulfide) groups is 1. The van der Waals surface area contributed by atoms with Gasteiger partial charge in [-0.25, -0.2) is 0 Å². The third-order valence-corrected chi connectivity index (χ3v) is 4.88. The molecule has 0 spiro atoms. The monoisotopic (exact) mass is 391 g/mol. The molecule has 0 aliphatic heterocycles. The molecule has 0 atom stereocenters. The van der Waals surface area contributed by atoms with Gasteiger partial charge in [-0.15, -0.1) is 11.8 Å². The van der Waals surface area contributed by atoms with E-state index < -0.39 is 0 Å². The molecule has 0 radical (unpaired) electrons. The molecule has 23 heavy (non-hydrogen) atoms. The zero-order valence-electron chi connectivity index (χ0n) is 13.1. The first-order valence-electron chi connectivity index (χ1n) is 7.19. The highest BCUT2D eigenvalue weighted by atomic mass is 79.9. The van der Waals surface area contributed by atoms with Crippen molar-refractivity contribution in [2.45, 2.75) is 13.8 Å². The van der Waals surface area contributed by atoms with E-state index in [1.807, 2.05) is 44.2 Å². The summed E-state index contributed by atoms with van der Waals surface area (Å²) in [5.74, 6) is 0.486. The first-order valence-corrected chi connectivity index (χ1v) is 9.14. The molecule has 1 N–H and O–H groups in total.